The molecule has 0 aliphatic carbocycles. The van der Waals surface area contributed by atoms with Gasteiger partial charge in [-0.25, -0.2) is 0 Å². The van der Waals surface area contributed by atoms with Crippen molar-refractivity contribution in [2.75, 3.05) is 13.2 Å². The standard InChI is InChI=1S/C20H21NO4/c1-2-24-20(23)18-11-12-21(19(18)22)14-15-7-6-10-17(13-15)25-16-8-4-3-5-9-16/h3-10,13,18H,2,11-12,14H2,1H3/t18-/m0/s1. The fraction of sp³-hybridized carbons (Fsp3) is 0.300. The Hall–Kier alpha value is -2.82. The second-order valence-corrected chi connectivity index (χ2v) is 5.92. The lowest BCUT2D eigenvalue weighted by Gasteiger charge is -2.17. The molecule has 1 aliphatic heterocycles. The maximum atomic E-state index is 12.4. The van der Waals surface area contributed by atoms with E-state index in [2.05, 4.69) is 0 Å². The van der Waals surface area contributed by atoms with Crippen molar-refractivity contribution in [1.29, 1.82) is 0 Å². The lowest BCUT2D eigenvalue weighted by atomic mass is 10.1. The Morgan fingerprint density at radius 1 is 1.12 bits per heavy atom. The van der Waals surface area contributed by atoms with Gasteiger partial charge in [-0.3, -0.25) is 9.59 Å². The SMILES string of the molecule is CCOC(=O)[C@H]1CCN(Cc2cccc(Oc3ccccc3)c2)C1=O. The number of carbonyl (C=O) groups excluding carboxylic acids is 2. The Labute approximate surface area is 147 Å². The van der Waals surface area contributed by atoms with E-state index in [-0.39, 0.29) is 5.91 Å². The maximum Gasteiger partial charge on any atom is 0.318 e. The van der Waals surface area contributed by atoms with E-state index in [1.807, 2.05) is 54.6 Å². The van der Waals surface area contributed by atoms with Crippen molar-refractivity contribution in [2.24, 2.45) is 5.92 Å². The van der Waals surface area contributed by atoms with E-state index >= 15 is 0 Å². The molecule has 3 rings (SSSR count). The highest BCUT2D eigenvalue weighted by atomic mass is 16.5. The molecule has 0 N–H and O–H groups in total. The van der Waals surface area contributed by atoms with Crippen LogP contribution in [-0.4, -0.2) is 29.9 Å². The summed E-state index contributed by atoms with van der Waals surface area (Å²) in [7, 11) is 0. The number of likely N-dealkylation sites (tertiary alicyclic amines) is 1. The van der Waals surface area contributed by atoms with Gasteiger partial charge in [0.1, 0.15) is 17.4 Å². The number of ether oxygens (including phenoxy) is 2. The summed E-state index contributed by atoms with van der Waals surface area (Å²) in [6.45, 7) is 3.06. The molecule has 0 bridgehead atoms. The highest BCUT2D eigenvalue weighted by Gasteiger charge is 2.37. The van der Waals surface area contributed by atoms with Crippen molar-refractivity contribution in [3.63, 3.8) is 0 Å². The summed E-state index contributed by atoms with van der Waals surface area (Å²) in [5, 5.41) is 0. The molecule has 0 saturated carbocycles. The minimum Gasteiger partial charge on any atom is -0.465 e. The Kier molecular flexibility index (Phi) is 5.33. The van der Waals surface area contributed by atoms with Crippen molar-refractivity contribution < 1.29 is 19.1 Å². The number of para-hydroxylation sites is 1. The summed E-state index contributed by atoms with van der Waals surface area (Å²) in [5.74, 6) is 0.240. The van der Waals surface area contributed by atoms with Crippen LogP contribution in [0.4, 0.5) is 0 Å². The van der Waals surface area contributed by atoms with Crippen LogP contribution in [0, 0.1) is 5.92 Å². The molecule has 0 spiro atoms. The fourth-order valence-corrected chi connectivity index (χ4v) is 2.91. The van der Waals surface area contributed by atoms with Gasteiger partial charge in [-0.15, -0.1) is 0 Å². The van der Waals surface area contributed by atoms with E-state index in [9.17, 15) is 9.59 Å². The van der Waals surface area contributed by atoms with E-state index in [0.29, 0.717) is 26.1 Å². The van der Waals surface area contributed by atoms with Gasteiger partial charge in [0, 0.05) is 13.1 Å². The molecule has 5 nitrogen and oxygen atoms in total. The van der Waals surface area contributed by atoms with Crippen LogP contribution in [0.2, 0.25) is 0 Å². The monoisotopic (exact) mass is 339 g/mol. The van der Waals surface area contributed by atoms with Gasteiger partial charge in [-0.2, -0.15) is 0 Å². The number of hydrogen-bond acceptors (Lipinski definition) is 4. The van der Waals surface area contributed by atoms with E-state index < -0.39 is 11.9 Å². The first kappa shape index (κ1) is 17.0. The summed E-state index contributed by atoms with van der Waals surface area (Å²) in [6.07, 6.45) is 0.512. The van der Waals surface area contributed by atoms with Crippen LogP contribution >= 0.6 is 0 Å². The van der Waals surface area contributed by atoms with Crippen LogP contribution in [0.5, 0.6) is 11.5 Å². The summed E-state index contributed by atoms with van der Waals surface area (Å²) < 4.78 is 10.8. The Morgan fingerprint density at radius 3 is 2.64 bits per heavy atom. The summed E-state index contributed by atoms with van der Waals surface area (Å²) in [4.78, 5) is 25.9. The molecule has 1 atom stereocenters. The first-order valence-electron chi connectivity index (χ1n) is 8.44. The van der Waals surface area contributed by atoms with Crippen molar-refractivity contribution in [2.45, 2.75) is 19.9 Å². The van der Waals surface area contributed by atoms with Crippen LogP contribution in [0.3, 0.4) is 0 Å². The lowest BCUT2D eigenvalue weighted by molar-refractivity contribution is -0.152. The molecule has 2 aromatic carbocycles. The Bertz CT molecular complexity index is 744. The van der Waals surface area contributed by atoms with Crippen LogP contribution < -0.4 is 4.74 Å². The van der Waals surface area contributed by atoms with E-state index in [0.717, 1.165) is 17.1 Å². The maximum absolute atomic E-state index is 12.4. The second kappa shape index (κ2) is 7.83. The predicted octanol–water partition coefficient (Wildman–Crippen LogP) is 3.39. The van der Waals surface area contributed by atoms with Gasteiger partial charge in [-0.05, 0) is 43.2 Å². The Balaban J connectivity index is 1.65. The van der Waals surface area contributed by atoms with Crippen molar-refractivity contribution in [1.82, 2.24) is 4.90 Å². The minimum atomic E-state index is -0.663. The van der Waals surface area contributed by atoms with Crippen LogP contribution in [0.15, 0.2) is 54.6 Å². The molecular formula is C20H21NO4. The topological polar surface area (TPSA) is 55.8 Å². The van der Waals surface area contributed by atoms with Crippen LogP contribution in [0.1, 0.15) is 18.9 Å². The molecule has 1 amide bonds. The third-order valence-corrected chi connectivity index (χ3v) is 4.12. The number of esters is 1. The zero-order chi connectivity index (χ0) is 17.6. The highest BCUT2D eigenvalue weighted by molar-refractivity contribution is 5.99. The molecular weight excluding hydrogens is 318 g/mol. The highest BCUT2D eigenvalue weighted by Crippen LogP contribution is 2.25. The van der Waals surface area contributed by atoms with Gasteiger partial charge < -0.3 is 14.4 Å². The summed E-state index contributed by atoms with van der Waals surface area (Å²) in [5.41, 5.74) is 0.964. The Morgan fingerprint density at radius 2 is 1.88 bits per heavy atom. The van der Waals surface area contributed by atoms with Gasteiger partial charge in [0.05, 0.1) is 6.61 Å². The molecule has 5 heteroatoms. The molecule has 0 unspecified atom stereocenters. The van der Waals surface area contributed by atoms with Crippen molar-refractivity contribution >= 4 is 11.9 Å². The molecule has 1 heterocycles. The molecule has 0 radical (unpaired) electrons. The van der Waals surface area contributed by atoms with Gasteiger partial charge in [0.2, 0.25) is 5.91 Å². The number of carbonyl (C=O) groups is 2. The molecule has 1 saturated heterocycles. The normalized spacial score (nSPS) is 16.8. The minimum absolute atomic E-state index is 0.159. The third-order valence-electron chi connectivity index (χ3n) is 4.12. The smallest absolute Gasteiger partial charge is 0.318 e. The number of nitrogens with zero attached hydrogens (tertiary/aromatic N) is 1. The molecule has 0 aromatic heterocycles. The van der Waals surface area contributed by atoms with E-state index in [1.54, 1.807) is 11.8 Å². The van der Waals surface area contributed by atoms with Gasteiger partial charge >= 0.3 is 5.97 Å². The molecule has 25 heavy (non-hydrogen) atoms. The average Bonchev–Trinajstić information content (AvgIpc) is 2.97. The van der Waals surface area contributed by atoms with Gasteiger partial charge in [-0.1, -0.05) is 30.3 Å². The molecule has 1 fully saturated rings. The van der Waals surface area contributed by atoms with Gasteiger partial charge in [0.15, 0.2) is 0 Å². The average molecular weight is 339 g/mol. The van der Waals surface area contributed by atoms with Gasteiger partial charge in [0.25, 0.3) is 0 Å². The zero-order valence-electron chi connectivity index (χ0n) is 14.2. The number of amides is 1. The van der Waals surface area contributed by atoms with E-state index in [4.69, 9.17) is 9.47 Å². The molecule has 2 aromatic rings. The summed E-state index contributed by atoms with van der Waals surface area (Å²) in [6, 6.07) is 17.2. The first-order chi connectivity index (χ1) is 12.2. The molecule has 130 valence electrons. The number of benzene rings is 2. The lowest BCUT2D eigenvalue weighted by Crippen LogP contribution is -2.30. The number of hydrogen-bond donors (Lipinski definition) is 0. The van der Waals surface area contributed by atoms with Crippen molar-refractivity contribution in [3.05, 3.63) is 60.2 Å². The quantitative estimate of drug-likeness (QED) is 0.598. The third kappa shape index (κ3) is 4.18. The second-order valence-electron chi connectivity index (χ2n) is 5.92. The first-order valence-corrected chi connectivity index (χ1v) is 8.44. The fourth-order valence-electron chi connectivity index (χ4n) is 2.91. The zero-order valence-corrected chi connectivity index (χ0v) is 14.2. The van der Waals surface area contributed by atoms with Crippen molar-refractivity contribution in [3.8, 4) is 11.5 Å². The summed E-state index contributed by atoms with van der Waals surface area (Å²) >= 11 is 0. The van der Waals surface area contributed by atoms with E-state index in [1.165, 1.54) is 0 Å². The predicted molar refractivity (Wildman–Crippen MR) is 93.1 cm³/mol. The largest absolute Gasteiger partial charge is 0.465 e. The van der Waals surface area contributed by atoms with Crippen LogP contribution in [0.25, 0.3) is 0 Å². The van der Waals surface area contributed by atoms with Crippen LogP contribution in [-0.2, 0) is 20.9 Å². The molecule has 1 aliphatic rings. The number of rotatable bonds is 6.